The van der Waals surface area contributed by atoms with Crippen LogP contribution in [0.3, 0.4) is 0 Å². The van der Waals surface area contributed by atoms with E-state index in [1.807, 2.05) is 0 Å². The summed E-state index contributed by atoms with van der Waals surface area (Å²) in [5, 5.41) is 15.7. The molecule has 0 fully saturated rings. The fraction of sp³-hybridized carbons (Fsp3) is 0.241. The molecule has 0 radical (unpaired) electrons. The van der Waals surface area contributed by atoms with Crippen LogP contribution in [0.1, 0.15) is 50.0 Å². The Balaban J connectivity index is 1.76. The number of rotatable bonds is 6. The van der Waals surface area contributed by atoms with E-state index < -0.39 is 33.6 Å². The van der Waals surface area contributed by atoms with Crippen LogP contribution in [0.15, 0.2) is 59.3 Å². The van der Waals surface area contributed by atoms with Crippen molar-refractivity contribution in [2.45, 2.75) is 37.6 Å². The summed E-state index contributed by atoms with van der Waals surface area (Å²) in [6, 6.07) is 9.27. The molecule has 41 heavy (non-hydrogen) atoms. The Hall–Kier alpha value is -4.71. The Morgan fingerprint density at radius 3 is 2.49 bits per heavy atom. The van der Waals surface area contributed by atoms with Crippen molar-refractivity contribution in [2.75, 3.05) is 13.7 Å². The highest BCUT2D eigenvalue weighted by Crippen LogP contribution is 2.40. The van der Waals surface area contributed by atoms with Crippen molar-refractivity contribution in [1.29, 1.82) is 0 Å². The number of ether oxygens (including phenoxy) is 1. The molecule has 3 aromatic rings. The lowest BCUT2D eigenvalue weighted by atomic mass is 9.84. The van der Waals surface area contributed by atoms with E-state index in [-0.39, 0.29) is 69.6 Å². The number of hydrogen-bond donors (Lipinski definition) is 3. The Labute approximate surface area is 235 Å². The van der Waals surface area contributed by atoms with Gasteiger partial charge in [0.1, 0.15) is 17.5 Å². The molecular weight excluding hydrogens is 550 g/mol. The molecule has 0 spiro atoms. The topological polar surface area (TPSA) is 161 Å². The van der Waals surface area contributed by atoms with Gasteiger partial charge in [0.05, 0.1) is 28.8 Å². The Morgan fingerprint density at radius 1 is 1.12 bits per heavy atom. The minimum Gasteiger partial charge on any atom is -0.508 e. The highest BCUT2D eigenvalue weighted by atomic mass is 32.2. The van der Waals surface area contributed by atoms with E-state index in [0.29, 0.717) is 5.56 Å². The van der Waals surface area contributed by atoms with Crippen LogP contribution in [-0.2, 0) is 37.2 Å². The highest BCUT2D eigenvalue weighted by Gasteiger charge is 2.43. The van der Waals surface area contributed by atoms with E-state index in [0.717, 1.165) is 9.54 Å². The Morgan fingerprint density at radius 2 is 1.83 bits per heavy atom. The molecule has 1 aromatic heterocycles. The van der Waals surface area contributed by atoms with E-state index >= 15 is 0 Å². The van der Waals surface area contributed by atoms with Crippen LogP contribution in [0, 0.1) is 6.92 Å². The monoisotopic (exact) mass is 577 g/mol. The summed E-state index contributed by atoms with van der Waals surface area (Å²) < 4.78 is 33.4. The lowest BCUT2D eigenvalue weighted by Crippen LogP contribution is -2.42. The number of benzene rings is 2. The number of aromatic nitrogens is 1. The molecule has 5 rings (SSSR count). The number of ketones is 2. The molecule has 2 aromatic carbocycles. The van der Waals surface area contributed by atoms with Crippen LogP contribution in [0.4, 0.5) is 0 Å². The maximum Gasteiger partial charge on any atom is 0.328 e. The number of hydrogen-bond acceptors (Lipinski definition) is 9. The van der Waals surface area contributed by atoms with Crippen molar-refractivity contribution < 1.29 is 37.4 Å². The molecule has 0 bridgehead atoms. The fourth-order valence-corrected chi connectivity index (χ4v) is 6.53. The standard InChI is InChI=1S/C29H27N3O8S/c1-15-4-8-20(9-5-15)41(38,39)32-14-18(10-11-30-16(2)33)23-26(32)28(36)25-24(27(23)35)21-13-19(34)7-6-17(21)12-22(31-25)29(37)40-3/h4-9,13-14,22,31,34H,10-12H2,1-3H3,(H,30,33)/t22-/m0/s1. The van der Waals surface area contributed by atoms with E-state index in [1.54, 1.807) is 25.1 Å². The van der Waals surface area contributed by atoms with Crippen LogP contribution in [-0.4, -0.2) is 60.6 Å². The van der Waals surface area contributed by atoms with Crippen LogP contribution >= 0.6 is 0 Å². The smallest absolute Gasteiger partial charge is 0.328 e. The normalized spacial score (nSPS) is 16.2. The highest BCUT2D eigenvalue weighted by molar-refractivity contribution is 7.90. The zero-order valence-electron chi connectivity index (χ0n) is 22.5. The van der Waals surface area contributed by atoms with E-state index in [9.17, 15) is 32.7 Å². The van der Waals surface area contributed by atoms with Crippen molar-refractivity contribution in [2.24, 2.45) is 0 Å². The predicted molar refractivity (Wildman–Crippen MR) is 147 cm³/mol. The average Bonchev–Trinajstić information content (AvgIpc) is 3.23. The summed E-state index contributed by atoms with van der Waals surface area (Å²) >= 11 is 0. The van der Waals surface area contributed by atoms with Gasteiger partial charge in [-0.15, -0.1) is 0 Å². The van der Waals surface area contributed by atoms with Gasteiger partial charge < -0.3 is 20.5 Å². The Kier molecular flexibility index (Phi) is 7.03. The summed E-state index contributed by atoms with van der Waals surface area (Å²) in [5.41, 5.74) is 0.949. The number of fused-ring (bicyclic) bond motifs is 3. The number of carbonyl (C=O) groups excluding carboxylic acids is 4. The first-order valence-corrected chi connectivity index (χ1v) is 14.2. The molecule has 2 aliphatic rings. The summed E-state index contributed by atoms with van der Waals surface area (Å²) in [7, 11) is -3.16. The first-order valence-electron chi connectivity index (χ1n) is 12.7. The number of phenols is 1. The van der Waals surface area contributed by atoms with Crippen LogP contribution in [0.5, 0.6) is 5.75 Å². The van der Waals surface area contributed by atoms with Gasteiger partial charge in [0.25, 0.3) is 10.0 Å². The number of amides is 1. The van der Waals surface area contributed by atoms with Gasteiger partial charge in [0.15, 0.2) is 5.78 Å². The molecule has 0 unspecified atom stereocenters. The van der Waals surface area contributed by atoms with Gasteiger partial charge in [-0.3, -0.25) is 14.4 Å². The van der Waals surface area contributed by atoms with Crippen molar-refractivity contribution in [3.8, 4) is 5.75 Å². The number of aryl methyl sites for hydroxylation is 1. The molecule has 0 saturated heterocycles. The first-order chi connectivity index (χ1) is 19.4. The molecule has 2 heterocycles. The van der Waals surface area contributed by atoms with Gasteiger partial charge >= 0.3 is 5.97 Å². The summed E-state index contributed by atoms with van der Waals surface area (Å²) in [6.07, 6.45) is 1.33. The van der Waals surface area contributed by atoms with E-state index in [1.165, 1.54) is 44.5 Å². The fourth-order valence-electron chi connectivity index (χ4n) is 5.15. The largest absolute Gasteiger partial charge is 0.508 e. The minimum absolute atomic E-state index is 0.0388. The number of phenolic OH excluding ortho intramolecular Hbond substituents is 1. The zero-order chi connectivity index (χ0) is 29.6. The van der Waals surface area contributed by atoms with Gasteiger partial charge in [-0.2, -0.15) is 0 Å². The van der Waals surface area contributed by atoms with Gasteiger partial charge in [0, 0.05) is 26.1 Å². The number of nitrogens with one attached hydrogen (secondary N) is 2. The lowest BCUT2D eigenvalue weighted by Gasteiger charge is -2.23. The molecule has 12 heteroatoms. The molecule has 1 aliphatic carbocycles. The summed E-state index contributed by atoms with van der Waals surface area (Å²) in [6.45, 7) is 3.21. The number of nitrogens with zero attached hydrogens (tertiary/aromatic N) is 1. The number of Topliss-reactive ketones (excluding diaryl/α,β-unsaturated/α-hetero) is 2. The second kappa shape index (κ2) is 10.4. The van der Waals surface area contributed by atoms with Crippen LogP contribution < -0.4 is 10.6 Å². The number of esters is 1. The van der Waals surface area contributed by atoms with E-state index in [2.05, 4.69) is 10.6 Å². The molecule has 3 N–H and O–H groups in total. The first kappa shape index (κ1) is 27.8. The number of carbonyl (C=O) groups is 4. The lowest BCUT2D eigenvalue weighted by molar-refractivity contribution is -0.142. The summed E-state index contributed by atoms with van der Waals surface area (Å²) in [4.78, 5) is 52.5. The number of allylic oxidation sites excluding steroid dienone is 2. The van der Waals surface area contributed by atoms with Crippen molar-refractivity contribution in [1.82, 2.24) is 14.6 Å². The number of aromatic hydroxyl groups is 1. The molecular formula is C29H27N3O8S. The third-order valence-corrected chi connectivity index (χ3v) is 8.81. The molecule has 1 amide bonds. The Bertz CT molecular complexity index is 1770. The quantitative estimate of drug-likeness (QED) is 0.372. The van der Waals surface area contributed by atoms with Gasteiger partial charge in [-0.1, -0.05) is 23.8 Å². The molecule has 1 atom stereocenters. The zero-order valence-corrected chi connectivity index (χ0v) is 23.3. The maximum atomic E-state index is 14.3. The third-order valence-electron chi connectivity index (χ3n) is 7.13. The summed E-state index contributed by atoms with van der Waals surface area (Å²) in [5.74, 6) is -2.65. The van der Waals surface area contributed by atoms with Crippen LogP contribution in [0.25, 0.3) is 5.57 Å². The van der Waals surface area contributed by atoms with Gasteiger partial charge in [-0.05, 0) is 54.3 Å². The van der Waals surface area contributed by atoms with Gasteiger partial charge in [0.2, 0.25) is 11.7 Å². The molecule has 11 nitrogen and oxygen atoms in total. The number of methoxy groups -OCH3 is 1. The van der Waals surface area contributed by atoms with Crippen molar-refractivity contribution in [3.05, 3.63) is 87.9 Å². The second-order valence-electron chi connectivity index (χ2n) is 9.90. The molecule has 0 saturated carbocycles. The maximum absolute atomic E-state index is 14.3. The predicted octanol–water partition coefficient (Wildman–Crippen LogP) is 1.90. The van der Waals surface area contributed by atoms with Gasteiger partial charge in [-0.25, -0.2) is 17.2 Å². The minimum atomic E-state index is -4.35. The SMILES string of the molecule is COC(=O)[C@@H]1Cc2ccc(O)cc2C2=C(N1)C(=O)c1c(c(CCNC(C)=O)cn1S(=O)(=O)c1ccc(C)cc1)C2=O. The van der Waals surface area contributed by atoms with Crippen molar-refractivity contribution in [3.63, 3.8) is 0 Å². The molecule has 1 aliphatic heterocycles. The van der Waals surface area contributed by atoms with Crippen LogP contribution in [0.2, 0.25) is 0 Å². The second-order valence-corrected chi connectivity index (χ2v) is 11.7. The third kappa shape index (κ3) is 4.80. The molecule has 212 valence electrons. The van der Waals surface area contributed by atoms with E-state index in [4.69, 9.17) is 4.74 Å². The average molecular weight is 578 g/mol. The van der Waals surface area contributed by atoms with Crippen molar-refractivity contribution >= 4 is 39.0 Å².